The Morgan fingerprint density at radius 2 is 1.78 bits per heavy atom. The van der Waals surface area contributed by atoms with Crippen molar-refractivity contribution in [2.75, 3.05) is 24.3 Å². The molecule has 2 aromatic carbocycles. The Morgan fingerprint density at radius 3 is 2.43 bits per heavy atom. The number of nitrogens with one attached hydrogen (secondary N) is 2. The maximum atomic E-state index is 12.0. The van der Waals surface area contributed by atoms with Crippen LogP contribution in [0.4, 0.5) is 11.4 Å². The molecule has 23 heavy (non-hydrogen) atoms. The molecular formula is C18H22N2O3. The standard InChI is InChI=1S/C18H22N2O3/c1-13(2)23-15-10-8-14(9-11-15)20-18(21)12-19-16-6-4-5-7-17(16)22-3/h4-11,13,19H,12H2,1-3H3,(H,20,21). The molecule has 0 aliphatic heterocycles. The first-order chi connectivity index (χ1) is 11.1. The molecule has 0 saturated carbocycles. The third-order valence-electron chi connectivity index (χ3n) is 3.06. The monoisotopic (exact) mass is 314 g/mol. The molecule has 0 aliphatic carbocycles. The average molecular weight is 314 g/mol. The number of hydrogen-bond acceptors (Lipinski definition) is 4. The van der Waals surface area contributed by atoms with Crippen molar-refractivity contribution in [1.29, 1.82) is 0 Å². The fraction of sp³-hybridized carbons (Fsp3) is 0.278. The van der Waals surface area contributed by atoms with Gasteiger partial charge in [-0.2, -0.15) is 0 Å². The fourth-order valence-electron chi connectivity index (χ4n) is 2.06. The molecule has 1 amide bonds. The number of carbonyl (C=O) groups excluding carboxylic acids is 1. The molecule has 0 atom stereocenters. The predicted octanol–water partition coefficient (Wildman–Crippen LogP) is 3.53. The van der Waals surface area contributed by atoms with Crippen molar-refractivity contribution in [1.82, 2.24) is 0 Å². The van der Waals surface area contributed by atoms with Crippen molar-refractivity contribution >= 4 is 17.3 Å². The number of ether oxygens (including phenoxy) is 2. The van der Waals surface area contributed by atoms with E-state index in [1.54, 1.807) is 7.11 Å². The minimum atomic E-state index is -0.131. The Balaban J connectivity index is 1.87. The minimum Gasteiger partial charge on any atom is -0.495 e. The summed E-state index contributed by atoms with van der Waals surface area (Å²) in [5.74, 6) is 1.36. The minimum absolute atomic E-state index is 0.125. The first kappa shape index (κ1) is 16.7. The maximum Gasteiger partial charge on any atom is 0.243 e. The highest BCUT2D eigenvalue weighted by Crippen LogP contribution is 2.22. The molecule has 122 valence electrons. The molecule has 2 N–H and O–H groups in total. The highest BCUT2D eigenvalue weighted by molar-refractivity contribution is 5.94. The van der Waals surface area contributed by atoms with Crippen LogP contribution in [0.15, 0.2) is 48.5 Å². The third kappa shape index (κ3) is 5.21. The summed E-state index contributed by atoms with van der Waals surface area (Å²) < 4.78 is 10.8. The van der Waals surface area contributed by atoms with Crippen LogP contribution in [0.5, 0.6) is 11.5 Å². The fourth-order valence-corrected chi connectivity index (χ4v) is 2.06. The van der Waals surface area contributed by atoms with Gasteiger partial charge in [0.25, 0.3) is 0 Å². The summed E-state index contributed by atoms with van der Waals surface area (Å²) in [6.07, 6.45) is 0.125. The molecule has 0 aliphatic rings. The van der Waals surface area contributed by atoms with Crippen LogP contribution in [0.1, 0.15) is 13.8 Å². The smallest absolute Gasteiger partial charge is 0.243 e. The van der Waals surface area contributed by atoms with Crippen LogP contribution in [0.3, 0.4) is 0 Å². The zero-order valence-corrected chi connectivity index (χ0v) is 13.6. The van der Waals surface area contributed by atoms with E-state index >= 15 is 0 Å². The first-order valence-corrected chi connectivity index (χ1v) is 7.52. The van der Waals surface area contributed by atoms with Crippen LogP contribution in [0.2, 0.25) is 0 Å². The van der Waals surface area contributed by atoms with Crippen molar-refractivity contribution in [3.05, 3.63) is 48.5 Å². The summed E-state index contributed by atoms with van der Waals surface area (Å²) >= 11 is 0. The number of carbonyl (C=O) groups is 1. The molecule has 0 unspecified atom stereocenters. The van der Waals surface area contributed by atoms with Gasteiger partial charge in [-0.15, -0.1) is 0 Å². The SMILES string of the molecule is COc1ccccc1NCC(=O)Nc1ccc(OC(C)C)cc1. The van der Waals surface area contributed by atoms with Gasteiger partial charge in [0, 0.05) is 5.69 Å². The van der Waals surface area contributed by atoms with Gasteiger partial charge >= 0.3 is 0 Å². The molecule has 0 heterocycles. The number of rotatable bonds is 7. The van der Waals surface area contributed by atoms with Gasteiger partial charge in [-0.25, -0.2) is 0 Å². The largest absolute Gasteiger partial charge is 0.495 e. The molecule has 0 saturated heterocycles. The van der Waals surface area contributed by atoms with E-state index in [0.717, 1.165) is 17.1 Å². The van der Waals surface area contributed by atoms with E-state index in [9.17, 15) is 4.79 Å². The molecule has 0 fully saturated rings. The van der Waals surface area contributed by atoms with Crippen molar-refractivity contribution < 1.29 is 14.3 Å². The lowest BCUT2D eigenvalue weighted by Gasteiger charge is -2.12. The Bertz CT molecular complexity index is 639. The van der Waals surface area contributed by atoms with Crippen LogP contribution in [-0.2, 0) is 4.79 Å². The van der Waals surface area contributed by atoms with Gasteiger partial charge in [0.05, 0.1) is 25.4 Å². The molecule has 5 nitrogen and oxygen atoms in total. The molecule has 0 radical (unpaired) electrons. The second kappa shape index (κ2) is 8.08. The third-order valence-corrected chi connectivity index (χ3v) is 3.06. The van der Waals surface area contributed by atoms with Crippen LogP contribution < -0.4 is 20.1 Å². The van der Waals surface area contributed by atoms with E-state index in [1.807, 2.05) is 62.4 Å². The summed E-state index contributed by atoms with van der Waals surface area (Å²) in [5.41, 5.74) is 1.51. The van der Waals surface area contributed by atoms with Crippen LogP contribution in [-0.4, -0.2) is 25.7 Å². The van der Waals surface area contributed by atoms with Crippen LogP contribution in [0.25, 0.3) is 0 Å². The summed E-state index contributed by atoms with van der Waals surface area (Å²) in [7, 11) is 1.60. The molecule has 2 aromatic rings. The summed E-state index contributed by atoms with van der Waals surface area (Å²) in [5, 5.41) is 5.89. The van der Waals surface area contributed by atoms with E-state index in [-0.39, 0.29) is 18.6 Å². The quantitative estimate of drug-likeness (QED) is 0.821. The van der Waals surface area contributed by atoms with Crippen molar-refractivity contribution in [2.45, 2.75) is 20.0 Å². The Labute approximate surface area is 136 Å². The summed E-state index contributed by atoms with van der Waals surface area (Å²) in [6, 6.07) is 14.8. The normalized spacial score (nSPS) is 10.3. The van der Waals surface area contributed by atoms with Gasteiger partial charge < -0.3 is 20.1 Å². The van der Waals surface area contributed by atoms with Crippen molar-refractivity contribution in [3.63, 3.8) is 0 Å². The van der Waals surface area contributed by atoms with Gasteiger partial charge in [-0.3, -0.25) is 4.79 Å². The van der Waals surface area contributed by atoms with E-state index < -0.39 is 0 Å². The Kier molecular flexibility index (Phi) is 5.86. The zero-order valence-electron chi connectivity index (χ0n) is 13.6. The topological polar surface area (TPSA) is 59.6 Å². The molecule has 5 heteroatoms. The van der Waals surface area contributed by atoms with Gasteiger partial charge in [0.15, 0.2) is 0 Å². The molecule has 0 bridgehead atoms. The number of amides is 1. The molecule has 0 aromatic heterocycles. The van der Waals surface area contributed by atoms with E-state index in [2.05, 4.69) is 10.6 Å². The van der Waals surface area contributed by atoms with Gasteiger partial charge in [0.2, 0.25) is 5.91 Å². The highest BCUT2D eigenvalue weighted by atomic mass is 16.5. The Morgan fingerprint density at radius 1 is 1.09 bits per heavy atom. The molecular weight excluding hydrogens is 292 g/mol. The summed E-state index contributed by atoms with van der Waals surface area (Å²) in [6.45, 7) is 4.10. The van der Waals surface area contributed by atoms with Crippen LogP contribution >= 0.6 is 0 Å². The lowest BCUT2D eigenvalue weighted by atomic mass is 10.3. The number of benzene rings is 2. The second-order valence-electron chi connectivity index (χ2n) is 5.29. The van der Waals surface area contributed by atoms with Crippen molar-refractivity contribution in [2.24, 2.45) is 0 Å². The predicted molar refractivity (Wildman–Crippen MR) is 92.3 cm³/mol. The van der Waals surface area contributed by atoms with E-state index in [1.165, 1.54) is 0 Å². The first-order valence-electron chi connectivity index (χ1n) is 7.52. The summed E-state index contributed by atoms with van der Waals surface area (Å²) in [4.78, 5) is 12.0. The molecule has 0 spiro atoms. The lowest BCUT2D eigenvalue weighted by Crippen LogP contribution is -2.21. The zero-order chi connectivity index (χ0) is 16.7. The van der Waals surface area contributed by atoms with Crippen molar-refractivity contribution in [3.8, 4) is 11.5 Å². The lowest BCUT2D eigenvalue weighted by molar-refractivity contribution is -0.114. The second-order valence-corrected chi connectivity index (χ2v) is 5.29. The average Bonchev–Trinajstić information content (AvgIpc) is 2.54. The number of anilines is 2. The van der Waals surface area contributed by atoms with E-state index in [4.69, 9.17) is 9.47 Å². The Hall–Kier alpha value is -2.69. The van der Waals surface area contributed by atoms with Gasteiger partial charge in [-0.05, 0) is 50.2 Å². The molecule has 2 rings (SSSR count). The number of hydrogen-bond donors (Lipinski definition) is 2. The highest BCUT2D eigenvalue weighted by Gasteiger charge is 2.06. The van der Waals surface area contributed by atoms with Gasteiger partial charge in [0.1, 0.15) is 11.5 Å². The number of para-hydroxylation sites is 2. The number of methoxy groups -OCH3 is 1. The maximum absolute atomic E-state index is 12.0. The van der Waals surface area contributed by atoms with E-state index in [0.29, 0.717) is 5.75 Å². The van der Waals surface area contributed by atoms with Gasteiger partial charge in [-0.1, -0.05) is 12.1 Å². The van der Waals surface area contributed by atoms with Crippen LogP contribution in [0, 0.1) is 0 Å².